The topological polar surface area (TPSA) is 80.4 Å². The number of rotatable bonds is 6. The molecular formula is C12H21N3O2. The van der Waals surface area contributed by atoms with Crippen LogP contribution in [0.2, 0.25) is 0 Å². The number of nitrogens with two attached hydrogens (primary N) is 1. The summed E-state index contributed by atoms with van der Waals surface area (Å²) in [5, 5.41) is 12.5. The number of aliphatic hydroxyl groups excluding tert-OH is 1. The summed E-state index contributed by atoms with van der Waals surface area (Å²) in [5.41, 5.74) is 5.87. The second-order valence-electron chi connectivity index (χ2n) is 4.22. The van der Waals surface area contributed by atoms with Crippen LogP contribution in [0.5, 0.6) is 5.88 Å². The first-order valence-electron chi connectivity index (χ1n) is 5.83. The predicted octanol–water partition coefficient (Wildman–Crippen LogP) is 1.64. The van der Waals surface area contributed by atoms with Gasteiger partial charge < -0.3 is 20.9 Å². The Morgan fingerprint density at radius 1 is 1.47 bits per heavy atom. The number of aliphatic hydroxyl groups is 1. The van der Waals surface area contributed by atoms with Crippen molar-refractivity contribution in [2.75, 3.05) is 24.3 Å². The van der Waals surface area contributed by atoms with Crippen LogP contribution in [-0.4, -0.2) is 28.8 Å². The van der Waals surface area contributed by atoms with E-state index < -0.39 is 0 Å². The standard InChI is InChI=1S/C12H21N3O2/c1-4-12(3,8-16)15-10-7-6-9(13)11(14-10)17-5-2/h6-7,16H,4-5,8,13H2,1-3H3,(H,14,15). The van der Waals surface area contributed by atoms with Crippen LogP contribution >= 0.6 is 0 Å². The summed E-state index contributed by atoms with van der Waals surface area (Å²) in [6.45, 7) is 6.38. The SMILES string of the molecule is CCOc1nc(NC(C)(CC)CO)ccc1N. The summed E-state index contributed by atoms with van der Waals surface area (Å²) in [4.78, 5) is 4.27. The van der Waals surface area contributed by atoms with Gasteiger partial charge in [-0.15, -0.1) is 0 Å². The van der Waals surface area contributed by atoms with E-state index in [1.807, 2.05) is 20.8 Å². The first-order chi connectivity index (χ1) is 8.04. The third-order valence-corrected chi connectivity index (χ3v) is 2.73. The van der Waals surface area contributed by atoms with E-state index in [0.717, 1.165) is 6.42 Å². The highest BCUT2D eigenvalue weighted by atomic mass is 16.5. The second-order valence-corrected chi connectivity index (χ2v) is 4.22. The normalized spacial score (nSPS) is 14.1. The summed E-state index contributed by atoms with van der Waals surface area (Å²) in [6, 6.07) is 3.52. The first kappa shape index (κ1) is 13.6. The van der Waals surface area contributed by atoms with Crippen LogP contribution in [0.15, 0.2) is 12.1 Å². The maximum Gasteiger partial charge on any atom is 0.239 e. The van der Waals surface area contributed by atoms with Gasteiger partial charge in [-0.3, -0.25) is 0 Å². The molecule has 4 N–H and O–H groups in total. The second kappa shape index (κ2) is 5.72. The molecule has 0 aliphatic rings. The number of hydrogen-bond donors (Lipinski definition) is 3. The van der Waals surface area contributed by atoms with Crippen molar-refractivity contribution in [3.8, 4) is 5.88 Å². The summed E-state index contributed by atoms with van der Waals surface area (Å²) in [7, 11) is 0. The molecular weight excluding hydrogens is 218 g/mol. The molecule has 0 radical (unpaired) electrons. The minimum atomic E-state index is -0.382. The molecule has 0 saturated heterocycles. The lowest BCUT2D eigenvalue weighted by Crippen LogP contribution is -2.38. The highest BCUT2D eigenvalue weighted by Crippen LogP contribution is 2.23. The van der Waals surface area contributed by atoms with Crippen LogP contribution in [0.4, 0.5) is 11.5 Å². The largest absolute Gasteiger partial charge is 0.476 e. The van der Waals surface area contributed by atoms with Crippen molar-refractivity contribution in [2.24, 2.45) is 0 Å². The number of nitrogens with zero attached hydrogens (tertiary/aromatic N) is 1. The van der Waals surface area contributed by atoms with Gasteiger partial charge in [0.15, 0.2) is 0 Å². The van der Waals surface area contributed by atoms with Crippen molar-refractivity contribution in [1.29, 1.82) is 0 Å². The van der Waals surface area contributed by atoms with E-state index in [1.165, 1.54) is 0 Å². The Morgan fingerprint density at radius 2 is 2.18 bits per heavy atom. The van der Waals surface area contributed by atoms with E-state index in [2.05, 4.69) is 10.3 Å². The molecule has 1 aromatic heterocycles. The van der Waals surface area contributed by atoms with Gasteiger partial charge >= 0.3 is 0 Å². The number of ether oxygens (including phenoxy) is 1. The number of hydrogen-bond acceptors (Lipinski definition) is 5. The summed E-state index contributed by atoms with van der Waals surface area (Å²) in [5.74, 6) is 1.08. The monoisotopic (exact) mass is 239 g/mol. The Labute approximate surface area is 102 Å². The fourth-order valence-electron chi connectivity index (χ4n) is 1.32. The molecule has 0 spiro atoms. The van der Waals surface area contributed by atoms with E-state index in [4.69, 9.17) is 10.5 Å². The molecule has 1 aromatic rings. The molecule has 1 atom stereocenters. The summed E-state index contributed by atoms with van der Waals surface area (Å²) < 4.78 is 5.32. The van der Waals surface area contributed by atoms with Crippen LogP contribution in [0, 0.1) is 0 Å². The van der Waals surface area contributed by atoms with Gasteiger partial charge in [-0.25, -0.2) is 0 Å². The Morgan fingerprint density at radius 3 is 2.71 bits per heavy atom. The summed E-state index contributed by atoms with van der Waals surface area (Å²) in [6.07, 6.45) is 0.791. The average Bonchev–Trinajstić information content (AvgIpc) is 2.33. The smallest absolute Gasteiger partial charge is 0.239 e. The zero-order valence-electron chi connectivity index (χ0n) is 10.7. The molecule has 1 heterocycles. The number of aromatic nitrogens is 1. The first-order valence-corrected chi connectivity index (χ1v) is 5.83. The molecule has 0 saturated carbocycles. The highest BCUT2D eigenvalue weighted by molar-refractivity contribution is 5.54. The van der Waals surface area contributed by atoms with Crippen LogP contribution in [0.1, 0.15) is 27.2 Å². The van der Waals surface area contributed by atoms with Crippen molar-refractivity contribution in [1.82, 2.24) is 4.98 Å². The Hall–Kier alpha value is -1.49. The fourth-order valence-corrected chi connectivity index (χ4v) is 1.32. The molecule has 1 rings (SSSR count). The van der Waals surface area contributed by atoms with Crippen molar-refractivity contribution in [3.05, 3.63) is 12.1 Å². The molecule has 0 aromatic carbocycles. The molecule has 5 nitrogen and oxygen atoms in total. The molecule has 0 aliphatic carbocycles. The van der Waals surface area contributed by atoms with Crippen LogP contribution < -0.4 is 15.8 Å². The molecule has 0 amide bonds. The third kappa shape index (κ3) is 3.49. The number of nitrogen functional groups attached to an aromatic ring is 1. The van der Waals surface area contributed by atoms with E-state index in [0.29, 0.717) is 24.0 Å². The molecule has 5 heteroatoms. The van der Waals surface area contributed by atoms with Crippen molar-refractivity contribution >= 4 is 11.5 Å². The van der Waals surface area contributed by atoms with Gasteiger partial charge in [-0.05, 0) is 32.4 Å². The zero-order valence-corrected chi connectivity index (χ0v) is 10.7. The van der Waals surface area contributed by atoms with Gasteiger partial charge in [0.25, 0.3) is 0 Å². The van der Waals surface area contributed by atoms with Gasteiger partial charge in [0, 0.05) is 0 Å². The average molecular weight is 239 g/mol. The summed E-state index contributed by atoms with van der Waals surface area (Å²) >= 11 is 0. The molecule has 17 heavy (non-hydrogen) atoms. The van der Waals surface area contributed by atoms with Gasteiger partial charge in [-0.2, -0.15) is 4.98 Å². The van der Waals surface area contributed by atoms with Crippen LogP contribution in [0.25, 0.3) is 0 Å². The van der Waals surface area contributed by atoms with Crippen molar-refractivity contribution in [3.63, 3.8) is 0 Å². The van der Waals surface area contributed by atoms with Crippen molar-refractivity contribution < 1.29 is 9.84 Å². The fraction of sp³-hybridized carbons (Fsp3) is 0.583. The molecule has 0 bridgehead atoms. The van der Waals surface area contributed by atoms with E-state index in [1.54, 1.807) is 12.1 Å². The van der Waals surface area contributed by atoms with Gasteiger partial charge in [0.2, 0.25) is 5.88 Å². The lowest BCUT2D eigenvalue weighted by atomic mass is 10.0. The van der Waals surface area contributed by atoms with Crippen molar-refractivity contribution in [2.45, 2.75) is 32.7 Å². The Kier molecular flexibility index (Phi) is 4.57. The molecule has 0 aliphatic heterocycles. The number of nitrogens with one attached hydrogen (secondary N) is 1. The Bertz CT molecular complexity index is 365. The zero-order chi connectivity index (χ0) is 12.9. The van der Waals surface area contributed by atoms with E-state index in [-0.39, 0.29) is 12.1 Å². The lowest BCUT2D eigenvalue weighted by Gasteiger charge is -2.28. The van der Waals surface area contributed by atoms with Gasteiger partial charge in [0.1, 0.15) is 5.82 Å². The predicted molar refractivity (Wildman–Crippen MR) is 69.2 cm³/mol. The minimum absolute atomic E-state index is 0.0412. The lowest BCUT2D eigenvalue weighted by molar-refractivity contribution is 0.218. The van der Waals surface area contributed by atoms with Gasteiger partial charge in [0.05, 0.1) is 24.4 Å². The number of pyridine rings is 1. The maximum absolute atomic E-state index is 9.33. The maximum atomic E-state index is 9.33. The van der Waals surface area contributed by atoms with Gasteiger partial charge in [-0.1, -0.05) is 6.92 Å². The molecule has 0 fully saturated rings. The minimum Gasteiger partial charge on any atom is -0.476 e. The number of anilines is 2. The third-order valence-electron chi connectivity index (χ3n) is 2.73. The van der Waals surface area contributed by atoms with Crippen LogP contribution in [0.3, 0.4) is 0 Å². The highest BCUT2D eigenvalue weighted by Gasteiger charge is 2.21. The van der Waals surface area contributed by atoms with E-state index >= 15 is 0 Å². The molecule has 96 valence electrons. The quantitative estimate of drug-likeness (QED) is 0.703. The molecule has 1 unspecified atom stereocenters. The van der Waals surface area contributed by atoms with Crippen LogP contribution in [-0.2, 0) is 0 Å². The van der Waals surface area contributed by atoms with E-state index in [9.17, 15) is 5.11 Å². The Balaban J connectivity index is 2.88.